The summed E-state index contributed by atoms with van der Waals surface area (Å²) in [6.07, 6.45) is -0.736. The number of carbonyl (C=O) groups is 2. The molecule has 148 valence electrons. The van der Waals surface area contributed by atoms with Gasteiger partial charge in [0.1, 0.15) is 11.6 Å². The lowest BCUT2D eigenvalue weighted by atomic mass is 9.92. The monoisotopic (exact) mass is 393 g/mol. The van der Waals surface area contributed by atoms with Crippen molar-refractivity contribution in [2.24, 2.45) is 4.99 Å². The van der Waals surface area contributed by atoms with E-state index in [1.165, 1.54) is 36.1 Å². The van der Waals surface area contributed by atoms with Gasteiger partial charge < -0.3 is 4.74 Å². The lowest BCUT2D eigenvalue weighted by Crippen LogP contribution is -2.44. The fraction of sp³-hybridized carbons (Fsp3) is 0.190. The van der Waals surface area contributed by atoms with Gasteiger partial charge in [-0.2, -0.15) is 0 Å². The van der Waals surface area contributed by atoms with Crippen LogP contribution in [0.15, 0.2) is 70.9 Å². The Morgan fingerprint density at radius 3 is 2.24 bits per heavy atom. The molecule has 2 aromatic rings. The lowest BCUT2D eigenvalue weighted by Gasteiger charge is -2.35. The van der Waals surface area contributed by atoms with Crippen LogP contribution in [-0.4, -0.2) is 27.5 Å². The van der Waals surface area contributed by atoms with E-state index in [1.54, 1.807) is 13.8 Å². The van der Waals surface area contributed by atoms with Gasteiger partial charge in [-0.15, -0.1) is 0 Å². The molecule has 1 aliphatic heterocycles. The molecule has 1 atom stereocenters. The fourth-order valence-corrected chi connectivity index (χ4v) is 3.29. The van der Waals surface area contributed by atoms with E-state index in [2.05, 4.69) is 4.99 Å². The number of rotatable bonds is 4. The number of hydrogen-bond donors (Lipinski definition) is 0. The molecule has 3 rings (SSSR count). The third kappa shape index (κ3) is 4.06. The topological polar surface area (TPSA) is 102 Å². The number of amides is 1. The molecule has 0 aromatic heterocycles. The smallest absolute Gasteiger partial charge is 0.410 e. The van der Waals surface area contributed by atoms with E-state index in [0.717, 1.165) is 5.56 Å². The Balaban J connectivity index is 1.98. The molecular formula is C21H19N3O5. The molecular weight excluding hydrogens is 374 g/mol. The molecule has 0 aliphatic carbocycles. The van der Waals surface area contributed by atoms with Gasteiger partial charge in [-0.25, -0.2) is 9.79 Å². The lowest BCUT2D eigenvalue weighted by molar-refractivity contribution is -0.384. The van der Waals surface area contributed by atoms with E-state index >= 15 is 0 Å². The summed E-state index contributed by atoms with van der Waals surface area (Å²) in [6, 6.07) is 13.6. The second-order valence-corrected chi connectivity index (χ2v) is 6.52. The van der Waals surface area contributed by atoms with Gasteiger partial charge in [0.15, 0.2) is 5.78 Å². The first-order valence-corrected chi connectivity index (χ1v) is 8.87. The van der Waals surface area contributed by atoms with Gasteiger partial charge in [0, 0.05) is 23.4 Å². The predicted octanol–water partition coefficient (Wildman–Crippen LogP) is 4.43. The number of non-ortho nitro benzene ring substituents is 1. The van der Waals surface area contributed by atoms with Crippen LogP contribution in [0, 0.1) is 10.1 Å². The van der Waals surface area contributed by atoms with Gasteiger partial charge in [0.25, 0.3) is 5.69 Å². The second kappa shape index (κ2) is 8.05. The largest absolute Gasteiger partial charge is 0.421 e. The number of nitro benzene ring substituents is 1. The molecule has 0 saturated heterocycles. The summed E-state index contributed by atoms with van der Waals surface area (Å²) in [6.45, 7) is 4.83. The summed E-state index contributed by atoms with van der Waals surface area (Å²) in [5.74, 6) is 0.338. The molecule has 0 bridgehead atoms. The first kappa shape index (κ1) is 19.9. The molecule has 1 aliphatic rings. The zero-order valence-corrected chi connectivity index (χ0v) is 16.2. The van der Waals surface area contributed by atoms with Crippen LogP contribution in [0.25, 0.3) is 0 Å². The molecule has 2 aromatic carbocycles. The maximum atomic E-state index is 13.0. The third-order valence-corrected chi connectivity index (χ3v) is 4.54. The van der Waals surface area contributed by atoms with Crippen LogP contribution in [0.2, 0.25) is 0 Å². The van der Waals surface area contributed by atoms with Crippen molar-refractivity contribution in [3.63, 3.8) is 0 Å². The van der Waals surface area contributed by atoms with Crippen molar-refractivity contribution in [3.8, 4) is 5.75 Å². The summed E-state index contributed by atoms with van der Waals surface area (Å²) in [4.78, 5) is 41.3. The van der Waals surface area contributed by atoms with Gasteiger partial charge >= 0.3 is 6.09 Å². The van der Waals surface area contributed by atoms with Crippen molar-refractivity contribution >= 4 is 23.4 Å². The molecule has 0 radical (unpaired) electrons. The van der Waals surface area contributed by atoms with E-state index < -0.39 is 17.1 Å². The second-order valence-electron chi connectivity index (χ2n) is 6.52. The van der Waals surface area contributed by atoms with Crippen LogP contribution in [0.4, 0.5) is 10.5 Å². The van der Waals surface area contributed by atoms with E-state index in [4.69, 9.17) is 4.74 Å². The van der Waals surface area contributed by atoms with E-state index in [1.807, 2.05) is 30.3 Å². The Bertz CT molecular complexity index is 1030. The van der Waals surface area contributed by atoms with E-state index in [-0.39, 0.29) is 17.2 Å². The van der Waals surface area contributed by atoms with Crippen molar-refractivity contribution in [1.29, 1.82) is 0 Å². The van der Waals surface area contributed by atoms with Gasteiger partial charge in [-0.1, -0.05) is 30.3 Å². The zero-order valence-electron chi connectivity index (χ0n) is 16.2. The maximum absolute atomic E-state index is 13.0. The number of amidine groups is 1. The minimum Gasteiger partial charge on any atom is -0.410 e. The number of nitro groups is 1. The van der Waals surface area contributed by atoms with Gasteiger partial charge in [-0.05, 0) is 38.5 Å². The predicted molar refractivity (Wildman–Crippen MR) is 107 cm³/mol. The Hall–Kier alpha value is -3.81. The molecule has 0 fully saturated rings. The average molecular weight is 393 g/mol. The zero-order chi connectivity index (χ0) is 21.1. The third-order valence-electron chi connectivity index (χ3n) is 4.54. The average Bonchev–Trinajstić information content (AvgIpc) is 2.68. The minimum atomic E-state index is -0.736. The Morgan fingerprint density at radius 1 is 1.07 bits per heavy atom. The fourth-order valence-electron chi connectivity index (χ4n) is 3.29. The number of aliphatic imine (C=N–C) groups is 1. The standard InChI is InChI=1S/C21H19N3O5/c1-13-19(14(2)25)20(16-7-5-4-6-8-16)23(15(3)22-13)21(26)29-18-11-9-17(10-12-18)24(27)28/h4-12,20H,1-3H3. The molecule has 1 heterocycles. The van der Waals surface area contributed by atoms with Crippen molar-refractivity contribution < 1.29 is 19.2 Å². The minimum absolute atomic E-state index is 0.111. The van der Waals surface area contributed by atoms with Crippen molar-refractivity contribution in [3.05, 3.63) is 81.5 Å². The van der Waals surface area contributed by atoms with Crippen molar-refractivity contribution in [1.82, 2.24) is 4.90 Å². The van der Waals surface area contributed by atoms with Crippen LogP contribution in [-0.2, 0) is 4.79 Å². The Morgan fingerprint density at radius 2 is 1.69 bits per heavy atom. The number of nitrogens with zero attached hydrogens (tertiary/aromatic N) is 3. The summed E-state index contributed by atoms with van der Waals surface area (Å²) >= 11 is 0. The van der Waals surface area contributed by atoms with Crippen LogP contribution in [0.1, 0.15) is 32.4 Å². The highest BCUT2D eigenvalue weighted by molar-refractivity contribution is 6.03. The van der Waals surface area contributed by atoms with Gasteiger partial charge in [-0.3, -0.25) is 19.8 Å². The summed E-state index contributed by atoms with van der Waals surface area (Å²) in [5, 5.41) is 10.8. The number of ketones is 1. The highest BCUT2D eigenvalue weighted by Crippen LogP contribution is 2.36. The quantitative estimate of drug-likeness (QED) is 0.565. The van der Waals surface area contributed by atoms with Gasteiger partial charge in [0.05, 0.1) is 11.0 Å². The summed E-state index contributed by atoms with van der Waals surface area (Å²) in [5.41, 5.74) is 1.58. The SMILES string of the molecule is CC(=O)C1=C(C)N=C(C)N(C(=O)Oc2ccc([N+](=O)[O-])cc2)C1c1ccccc1. The Kier molecular flexibility index (Phi) is 5.54. The normalized spacial score (nSPS) is 16.3. The van der Waals surface area contributed by atoms with Crippen molar-refractivity contribution in [2.75, 3.05) is 0 Å². The van der Waals surface area contributed by atoms with E-state index in [0.29, 0.717) is 17.1 Å². The highest BCUT2D eigenvalue weighted by atomic mass is 16.6. The first-order valence-electron chi connectivity index (χ1n) is 8.87. The molecule has 1 amide bonds. The van der Waals surface area contributed by atoms with Gasteiger partial charge in [0.2, 0.25) is 0 Å². The van der Waals surface area contributed by atoms with Crippen LogP contribution in [0.5, 0.6) is 5.75 Å². The van der Waals surface area contributed by atoms with Crippen LogP contribution < -0.4 is 4.74 Å². The number of Topliss-reactive ketones (excluding diaryl/α,β-unsaturated/α-hetero) is 1. The number of benzene rings is 2. The summed E-state index contributed by atoms with van der Waals surface area (Å²) in [7, 11) is 0. The molecule has 0 spiro atoms. The number of hydrogen-bond acceptors (Lipinski definition) is 6. The number of carbonyl (C=O) groups excluding carboxylic acids is 2. The molecule has 8 nitrogen and oxygen atoms in total. The molecule has 1 unspecified atom stereocenters. The van der Waals surface area contributed by atoms with Crippen LogP contribution in [0.3, 0.4) is 0 Å². The van der Waals surface area contributed by atoms with Crippen LogP contribution >= 0.6 is 0 Å². The molecule has 29 heavy (non-hydrogen) atoms. The van der Waals surface area contributed by atoms with E-state index in [9.17, 15) is 19.7 Å². The number of ether oxygens (including phenoxy) is 1. The molecule has 8 heteroatoms. The summed E-state index contributed by atoms with van der Waals surface area (Å²) < 4.78 is 5.42. The Labute approximate surface area is 167 Å². The van der Waals surface area contributed by atoms with Crippen molar-refractivity contribution in [2.45, 2.75) is 26.8 Å². The number of allylic oxidation sites excluding steroid dienone is 1. The molecule has 0 N–H and O–H groups in total. The highest BCUT2D eigenvalue weighted by Gasteiger charge is 2.37. The maximum Gasteiger partial charge on any atom is 0.421 e. The first-order chi connectivity index (χ1) is 13.8. The molecule has 0 saturated carbocycles.